The third-order valence-corrected chi connectivity index (χ3v) is 1.94. The van der Waals surface area contributed by atoms with E-state index in [1.165, 1.54) is 0 Å². The molecule has 0 fully saturated rings. The fourth-order valence-corrected chi connectivity index (χ4v) is 0. The van der Waals surface area contributed by atoms with Gasteiger partial charge in [0.05, 0.1) is 0 Å². The van der Waals surface area contributed by atoms with Crippen molar-refractivity contribution in [2.24, 2.45) is 0 Å². The summed E-state index contributed by atoms with van der Waals surface area (Å²) in [6, 6.07) is 0. The van der Waals surface area contributed by atoms with Crippen LogP contribution in [0.2, 0.25) is 0 Å². The van der Waals surface area contributed by atoms with E-state index in [1.54, 1.807) is 0 Å². The van der Waals surface area contributed by atoms with E-state index in [1.807, 2.05) is 6.92 Å². The molecule has 0 saturated heterocycles. The third-order valence-electron chi connectivity index (χ3n) is 0.289. The van der Waals surface area contributed by atoms with Crippen LogP contribution in [-0.2, 0) is 2.85 Å². The van der Waals surface area contributed by atoms with Crippen LogP contribution < -0.4 is 0 Å². The monoisotopic (exact) mass is 162 g/mol. The third kappa shape index (κ3) is 2.83. The van der Waals surface area contributed by atoms with Gasteiger partial charge in [0.1, 0.15) is 0 Å². The molecule has 0 aromatic carbocycles. The average molecular weight is 162 g/mol. The van der Waals surface area contributed by atoms with Crippen molar-refractivity contribution in [1.29, 1.82) is 0 Å². The predicted octanol–water partition coefficient (Wildman–Crippen LogP) is -0.429. The zero-order chi connectivity index (χ0) is 3.41. The van der Waals surface area contributed by atoms with E-state index in [-0.39, 0.29) is 0 Å². The zero-order valence-corrected chi connectivity index (χ0v) is 8.82. The van der Waals surface area contributed by atoms with Gasteiger partial charge in [0.25, 0.3) is 0 Å². The Balaban J connectivity index is 1.97. The molecular formula is C2H7InO. The summed E-state index contributed by atoms with van der Waals surface area (Å²) in [5.74, 6) is 0. The molecule has 0 rings (SSSR count). The number of rotatable bonds is 1. The molecule has 0 aromatic heterocycles. The molecule has 1 nitrogen and oxygen atoms in total. The van der Waals surface area contributed by atoms with Gasteiger partial charge < -0.3 is 0 Å². The van der Waals surface area contributed by atoms with Crippen LogP contribution in [0.25, 0.3) is 0 Å². The summed E-state index contributed by atoms with van der Waals surface area (Å²) in [5.41, 5.74) is 0. The van der Waals surface area contributed by atoms with E-state index in [0.717, 1.165) is 6.61 Å². The summed E-state index contributed by atoms with van der Waals surface area (Å²) >= 11 is 0.485. The minimum absolute atomic E-state index is 0.485. The van der Waals surface area contributed by atoms with E-state index in [4.69, 9.17) is 2.85 Å². The van der Waals surface area contributed by atoms with Gasteiger partial charge in [-0.2, -0.15) is 0 Å². The van der Waals surface area contributed by atoms with Crippen molar-refractivity contribution in [3.8, 4) is 0 Å². The summed E-state index contributed by atoms with van der Waals surface area (Å²) in [6.07, 6.45) is 0. The fourth-order valence-electron chi connectivity index (χ4n) is 0. The van der Waals surface area contributed by atoms with Crippen molar-refractivity contribution in [3.05, 3.63) is 0 Å². The second-order valence-corrected chi connectivity index (χ2v) is 2.23. The van der Waals surface area contributed by atoms with Gasteiger partial charge in [-0.1, -0.05) is 0 Å². The van der Waals surface area contributed by atoms with Crippen molar-refractivity contribution < 1.29 is 2.85 Å². The summed E-state index contributed by atoms with van der Waals surface area (Å²) < 4.78 is 4.75. The SMILES string of the molecule is CC[O][InH2]. The molecule has 0 aromatic rings. The van der Waals surface area contributed by atoms with Crippen molar-refractivity contribution in [2.45, 2.75) is 6.92 Å². The van der Waals surface area contributed by atoms with E-state index in [9.17, 15) is 0 Å². The van der Waals surface area contributed by atoms with Crippen LogP contribution in [0, 0.1) is 0 Å². The molecule has 0 aliphatic rings. The van der Waals surface area contributed by atoms with Gasteiger partial charge in [0.2, 0.25) is 0 Å². The summed E-state index contributed by atoms with van der Waals surface area (Å²) in [7, 11) is 0. The van der Waals surface area contributed by atoms with E-state index >= 15 is 0 Å². The van der Waals surface area contributed by atoms with E-state index in [2.05, 4.69) is 0 Å². The molecule has 0 heterocycles. The second kappa shape index (κ2) is 3.83. The zero-order valence-electron chi connectivity index (χ0n) is 3.12. The molecule has 0 aliphatic carbocycles. The summed E-state index contributed by atoms with van der Waals surface area (Å²) in [6.45, 7) is 2.92. The first-order valence-electron chi connectivity index (χ1n) is 1.40. The normalized spacial score (nSPS) is 7.25. The van der Waals surface area contributed by atoms with Gasteiger partial charge in [0, 0.05) is 0 Å². The second-order valence-electron chi connectivity index (χ2n) is 0.577. The molecule has 0 atom stereocenters. The van der Waals surface area contributed by atoms with Crippen molar-refractivity contribution in [1.82, 2.24) is 0 Å². The topological polar surface area (TPSA) is 9.23 Å². The maximum absolute atomic E-state index is 4.75. The van der Waals surface area contributed by atoms with Gasteiger partial charge >= 0.3 is 41.2 Å². The van der Waals surface area contributed by atoms with Gasteiger partial charge in [-0.25, -0.2) is 0 Å². The standard InChI is InChI=1S/C2H5O.In.2H/c1-2-3;;;/h2H2,1H3;;;/q-1;+1;;. The van der Waals surface area contributed by atoms with Crippen LogP contribution in [0.1, 0.15) is 6.92 Å². The quantitative estimate of drug-likeness (QED) is 0.508. The van der Waals surface area contributed by atoms with Crippen LogP contribution in [0.4, 0.5) is 0 Å². The Morgan fingerprint density at radius 1 is 2.00 bits per heavy atom. The molecule has 0 saturated carbocycles. The summed E-state index contributed by atoms with van der Waals surface area (Å²) in [5, 5.41) is 0. The Hall–Kier alpha value is 0.830. The van der Waals surface area contributed by atoms with Gasteiger partial charge in [-0.3, -0.25) is 0 Å². The molecule has 0 aliphatic heterocycles. The van der Waals surface area contributed by atoms with Gasteiger partial charge in [-0.15, -0.1) is 0 Å². The van der Waals surface area contributed by atoms with Crippen LogP contribution in [0.15, 0.2) is 0 Å². The Kier molecular flexibility index (Phi) is 4.63. The van der Waals surface area contributed by atoms with Crippen molar-refractivity contribution >= 4 is 24.8 Å². The van der Waals surface area contributed by atoms with Crippen molar-refractivity contribution in [2.75, 3.05) is 6.61 Å². The van der Waals surface area contributed by atoms with Gasteiger partial charge in [-0.05, 0) is 0 Å². The molecule has 0 spiro atoms. The fraction of sp³-hybridized carbons (Fsp3) is 1.00. The Bertz CT molecular complexity index is 8.00. The maximum atomic E-state index is 4.75. The molecule has 0 radical (unpaired) electrons. The molecule has 0 N–H and O–H groups in total. The summed E-state index contributed by atoms with van der Waals surface area (Å²) in [4.78, 5) is 0. The number of hydrogen-bond acceptors (Lipinski definition) is 1. The van der Waals surface area contributed by atoms with Crippen LogP contribution in [0.5, 0.6) is 0 Å². The van der Waals surface area contributed by atoms with Crippen LogP contribution in [0.3, 0.4) is 0 Å². The molecular weight excluding hydrogens is 155 g/mol. The average Bonchev–Trinajstić information content (AvgIpc) is 1.37. The molecule has 4 heavy (non-hydrogen) atoms. The first kappa shape index (κ1) is 4.83. The number of hydrogen-bond donors (Lipinski definition) is 0. The Labute approximate surface area is 41.5 Å². The first-order chi connectivity index (χ1) is 1.91. The molecule has 24 valence electrons. The molecule has 0 unspecified atom stereocenters. The predicted molar refractivity (Wildman–Crippen MR) is 20.2 cm³/mol. The van der Waals surface area contributed by atoms with Gasteiger partial charge in [0.15, 0.2) is 0 Å². The molecule has 0 bridgehead atoms. The van der Waals surface area contributed by atoms with E-state index < -0.39 is 0 Å². The van der Waals surface area contributed by atoms with E-state index in [0.29, 0.717) is 24.8 Å². The molecule has 2 heteroatoms. The van der Waals surface area contributed by atoms with Crippen LogP contribution in [-0.4, -0.2) is 31.4 Å². The Morgan fingerprint density at radius 2 is 2.25 bits per heavy atom. The first-order valence-corrected chi connectivity index (χ1v) is 3.73. The van der Waals surface area contributed by atoms with Crippen LogP contribution >= 0.6 is 0 Å². The Morgan fingerprint density at radius 3 is 2.25 bits per heavy atom. The van der Waals surface area contributed by atoms with Crippen molar-refractivity contribution in [3.63, 3.8) is 0 Å². The minimum atomic E-state index is 0.485. The molecule has 0 amide bonds.